The van der Waals surface area contributed by atoms with Crippen LogP contribution in [0.2, 0.25) is 0 Å². The fourth-order valence-corrected chi connectivity index (χ4v) is 2.74. The number of rotatable bonds is 3. The van der Waals surface area contributed by atoms with E-state index in [1.165, 1.54) is 0 Å². The predicted octanol–water partition coefficient (Wildman–Crippen LogP) is 1.65. The van der Waals surface area contributed by atoms with Crippen LogP contribution in [-0.2, 0) is 11.2 Å². The Morgan fingerprint density at radius 2 is 2.25 bits per heavy atom. The van der Waals surface area contributed by atoms with Crippen molar-refractivity contribution in [1.82, 2.24) is 15.6 Å². The van der Waals surface area contributed by atoms with Gasteiger partial charge in [-0.1, -0.05) is 24.3 Å². The summed E-state index contributed by atoms with van der Waals surface area (Å²) in [5, 5.41) is 7.49. The molecule has 0 unspecified atom stereocenters. The molecule has 1 fully saturated rings. The lowest BCUT2D eigenvalue weighted by atomic mass is 10.0. The Kier molecular flexibility index (Phi) is 3.92. The quantitative estimate of drug-likeness (QED) is 0.890. The summed E-state index contributed by atoms with van der Waals surface area (Å²) in [5.41, 5.74) is 1.91. The first-order valence-electron chi connectivity index (χ1n) is 7.15. The second-order valence-electron chi connectivity index (χ2n) is 5.28. The molecule has 1 saturated heterocycles. The summed E-state index contributed by atoms with van der Waals surface area (Å²) < 4.78 is 0. The number of hydrogen-bond acceptors (Lipinski definition) is 3. The number of carbonyl (C=O) groups is 1. The van der Waals surface area contributed by atoms with Crippen molar-refractivity contribution in [2.75, 3.05) is 13.1 Å². The van der Waals surface area contributed by atoms with Crippen LogP contribution in [0.5, 0.6) is 0 Å². The third-order valence-corrected chi connectivity index (χ3v) is 3.73. The molecule has 4 nitrogen and oxygen atoms in total. The van der Waals surface area contributed by atoms with Crippen molar-refractivity contribution in [3.63, 3.8) is 0 Å². The molecule has 0 bridgehead atoms. The largest absolute Gasteiger partial charge is 0.352 e. The molecule has 1 aromatic heterocycles. The Hall–Kier alpha value is -1.94. The normalized spacial score (nSPS) is 18.9. The van der Waals surface area contributed by atoms with Gasteiger partial charge in [-0.2, -0.15) is 0 Å². The van der Waals surface area contributed by atoms with E-state index in [1.54, 1.807) is 6.20 Å². The Bertz CT molecular complexity index is 600. The van der Waals surface area contributed by atoms with Crippen LogP contribution in [0.1, 0.15) is 18.4 Å². The van der Waals surface area contributed by atoms with Crippen molar-refractivity contribution in [2.24, 2.45) is 0 Å². The number of benzene rings is 1. The van der Waals surface area contributed by atoms with Crippen LogP contribution in [0, 0.1) is 0 Å². The average Bonchev–Trinajstić information content (AvgIpc) is 2.48. The van der Waals surface area contributed by atoms with E-state index in [9.17, 15) is 4.79 Å². The van der Waals surface area contributed by atoms with Gasteiger partial charge in [0, 0.05) is 24.2 Å². The minimum absolute atomic E-state index is 0.0804. The first kappa shape index (κ1) is 13.1. The molecule has 1 aliphatic rings. The zero-order valence-electron chi connectivity index (χ0n) is 11.4. The van der Waals surface area contributed by atoms with Gasteiger partial charge in [-0.25, -0.2) is 0 Å². The van der Waals surface area contributed by atoms with E-state index < -0.39 is 0 Å². The molecular formula is C16H19N3O. The van der Waals surface area contributed by atoms with E-state index in [2.05, 4.69) is 15.6 Å². The molecule has 0 spiro atoms. The predicted molar refractivity (Wildman–Crippen MR) is 79.5 cm³/mol. The van der Waals surface area contributed by atoms with E-state index in [1.807, 2.05) is 30.3 Å². The van der Waals surface area contributed by atoms with E-state index in [4.69, 9.17) is 0 Å². The zero-order chi connectivity index (χ0) is 13.8. The molecular weight excluding hydrogens is 250 g/mol. The van der Waals surface area contributed by atoms with Gasteiger partial charge >= 0.3 is 0 Å². The molecule has 2 N–H and O–H groups in total. The maximum absolute atomic E-state index is 12.2. The number of pyridine rings is 1. The highest BCUT2D eigenvalue weighted by Crippen LogP contribution is 2.16. The molecule has 1 aliphatic heterocycles. The van der Waals surface area contributed by atoms with Crippen LogP contribution >= 0.6 is 0 Å². The molecule has 1 atom stereocenters. The van der Waals surface area contributed by atoms with E-state index in [0.717, 1.165) is 42.4 Å². The van der Waals surface area contributed by atoms with Gasteiger partial charge in [-0.3, -0.25) is 9.78 Å². The molecule has 1 aromatic carbocycles. The number of carbonyl (C=O) groups excluding carboxylic acids is 1. The Balaban J connectivity index is 1.71. The van der Waals surface area contributed by atoms with E-state index in [0.29, 0.717) is 6.42 Å². The van der Waals surface area contributed by atoms with E-state index in [-0.39, 0.29) is 11.9 Å². The summed E-state index contributed by atoms with van der Waals surface area (Å²) in [5.74, 6) is 0.0804. The maximum Gasteiger partial charge on any atom is 0.224 e. The number of fused-ring (bicyclic) bond motifs is 1. The van der Waals surface area contributed by atoms with Gasteiger partial charge in [-0.05, 0) is 31.0 Å². The topological polar surface area (TPSA) is 54.0 Å². The highest BCUT2D eigenvalue weighted by atomic mass is 16.1. The SMILES string of the molecule is O=C(Cc1cccc2cccnc12)N[C@H]1CCCNC1. The van der Waals surface area contributed by atoms with Crippen molar-refractivity contribution < 1.29 is 4.79 Å². The Morgan fingerprint density at radius 1 is 1.35 bits per heavy atom. The molecule has 4 heteroatoms. The fourth-order valence-electron chi connectivity index (χ4n) is 2.74. The van der Waals surface area contributed by atoms with Gasteiger partial charge in [0.05, 0.1) is 11.9 Å². The molecule has 2 heterocycles. The number of nitrogens with one attached hydrogen (secondary N) is 2. The first-order chi connectivity index (χ1) is 9.83. The Morgan fingerprint density at radius 3 is 3.10 bits per heavy atom. The highest BCUT2D eigenvalue weighted by Gasteiger charge is 2.16. The van der Waals surface area contributed by atoms with Crippen LogP contribution in [0.3, 0.4) is 0 Å². The molecule has 1 amide bonds. The van der Waals surface area contributed by atoms with Crippen LogP contribution in [-0.4, -0.2) is 30.0 Å². The van der Waals surface area contributed by atoms with Gasteiger partial charge in [0.15, 0.2) is 0 Å². The number of aromatic nitrogens is 1. The first-order valence-corrected chi connectivity index (χ1v) is 7.15. The smallest absolute Gasteiger partial charge is 0.224 e. The molecule has 0 radical (unpaired) electrons. The zero-order valence-corrected chi connectivity index (χ0v) is 11.4. The summed E-state index contributed by atoms with van der Waals surface area (Å²) in [6, 6.07) is 10.2. The molecule has 0 saturated carbocycles. The van der Waals surface area contributed by atoms with Gasteiger partial charge in [-0.15, -0.1) is 0 Å². The molecule has 104 valence electrons. The van der Waals surface area contributed by atoms with Gasteiger partial charge in [0.2, 0.25) is 5.91 Å². The molecule has 3 rings (SSSR count). The monoisotopic (exact) mass is 269 g/mol. The average molecular weight is 269 g/mol. The highest BCUT2D eigenvalue weighted by molar-refractivity contribution is 5.87. The second kappa shape index (κ2) is 6.01. The van der Waals surface area contributed by atoms with Crippen LogP contribution < -0.4 is 10.6 Å². The van der Waals surface area contributed by atoms with Crippen LogP contribution in [0.15, 0.2) is 36.5 Å². The third-order valence-electron chi connectivity index (χ3n) is 3.73. The van der Waals surface area contributed by atoms with Crippen LogP contribution in [0.25, 0.3) is 10.9 Å². The number of hydrogen-bond donors (Lipinski definition) is 2. The minimum atomic E-state index is 0.0804. The number of nitrogens with zero attached hydrogens (tertiary/aromatic N) is 1. The lowest BCUT2D eigenvalue weighted by Crippen LogP contribution is -2.46. The van der Waals surface area contributed by atoms with Crippen molar-refractivity contribution in [1.29, 1.82) is 0 Å². The number of amides is 1. The van der Waals surface area contributed by atoms with Crippen molar-refractivity contribution >= 4 is 16.8 Å². The van der Waals surface area contributed by atoms with Crippen molar-refractivity contribution in [3.05, 3.63) is 42.1 Å². The summed E-state index contributed by atoms with van der Waals surface area (Å²) >= 11 is 0. The summed E-state index contributed by atoms with van der Waals surface area (Å²) in [6.07, 6.45) is 4.35. The van der Waals surface area contributed by atoms with Crippen LogP contribution in [0.4, 0.5) is 0 Å². The van der Waals surface area contributed by atoms with Gasteiger partial charge < -0.3 is 10.6 Å². The summed E-state index contributed by atoms with van der Waals surface area (Å²) in [6.45, 7) is 1.93. The van der Waals surface area contributed by atoms with Gasteiger partial charge in [0.1, 0.15) is 0 Å². The van der Waals surface area contributed by atoms with Crippen molar-refractivity contribution in [2.45, 2.75) is 25.3 Å². The molecule has 2 aromatic rings. The maximum atomic E-state index is 12.2. The molecule has 20 heavy (non-hydrogen) atoms. The van der Waals surface area contributed by atoms with Crippen molar-refractivity contribution in [3.8, 4) is 0 Å². The second-order valence-corrected chi connectivity index (χ2v) is 5.28. The lowest BCUT2D eigenvalue weighted by molar-refractivity contribution is -0.121. The number of piperidine rings is 1. The third kappa shape index (κ3) is 2.96. The summed E-state index contributed by atoms with van der Waals surface area (Å²) in [7, 11) is 0. The minimum Gasteiger partial charge on any atom is -0.352 e. The number of para-hydroxylation sites is 1. The molecule has 0 aliphatic carbocycles. The lowest BCUT2D eigenvalue weighted by Gasteiger charge is -2.23. The van der Waals surface area contributed by atoms with Gasteiger partial charge in [0.25, 0.3) is 0 Å². The fraction of sp³-hybridized carbons (Fsp3) is 0.375. The standard InChI is InChI=1S/C16H19N3O/c20-15(19-14-7-3-8-17-11-14)10-13-5-1-4-12-6-2-9-18-16(12)13/h1-2,4-6,9,14,17H,3,7-8,10-11H2,(H,19,20)/t14-/m0/s1. The van der Waals surface area contributed by atoms with E-state index >= 15 is 0 Å². The summed E-state index contributed by atoms with van der Waals surface area (Å²) in [4.78, 5) is 16.5. The Labute approximate surface area is 118 Å².